The van der Waals surface area contributed by atoms with Crippen molar-refractivity contribution in [2.45, 2.75) is 0 Å². The van der Waals surface area contributed by atoms with Crippen molar-refractivity contribution in [3.63, 3.8) is 0 Å². The summed E-state index contributed by atoms with van der Waals surface area (Å²) < 4.78 is 11.9. The molecule has 0 aliphatic heterocycles. The van der Waals surface area contributed by atoms with Crippen LogP contribution in [0.2, 0.25) is 0 Å². The molecule has 0 N–H and O–H groups in total. The molecule has 0 spiro atoms. The van der Waals surface area contributed by atoms with Crippen LogP contribution in [0.4, 0.5) is 0 Å². The lowest BCUT2D eigenvalue weighted by molar-refractivity contribution is -0.136. The van der Waals surface area contributed by atoms with E-state index in [0.717, 1.165) is 21.0 Å². The van der Waals surface area contributed by atoms with Crippen molar-refractivity contribution in [3.05, 3.63) is 95.0 Å². The van der Waals surface area contributed by atoms with Gasteiger partial charge in [-0.15, -0.1) is 0 Å². The van der Waals surface area contributed by atoms with Crippen LogP contribution in [-0.2, 0) is 4.79 Å². The van der Waals surface area contributed by atoms with Crippen molar-refractivity contribution in [2.75, 3.05) is 6.61 Å². The van der Waals surface area contributed by atoms with Gasteiger partial charge >= 0.3 is 5.97 Å². The van der Waals surface area contributed by atoms with Gasteiger partial charge in [-0.1, -0.05) is 66.7 Å². The van der Waals surface area contributed by atoms with E-state index in [1.54, 1.807) is 12.1 Å². The highest BCUT2D eigenvalue weighted by atomic mass is 79.9. The Morgan fingerprint density at radius 1 is 0.867 bits per heavy atom. The van der Waals surface area contributed by atoms with Gasteiger partial charge in [-0.2, -0.15) is 0 Å². The molecule has 0 radical (unpaired) electrons. The van der Waals surface area contributed by atoms with Gasteiger partial charge in [-0.25, -0.2) is 4.79 Å². The second-order valence-corrected chi connectivity index (χ2v) is 7.45. The Morgan fingerprint density at radius 2 is 1.63 bits per heavy atom. The van der Waals surface area contributed by atoms with E-state index in [0.29, 0.717) is 23.0 Å². The van der Waals surface area contributed by atoms with Crippen molar-refractivity contribution in [1.82, 2.24) is 0 Å². The molecule has 148 valence electrons. The third-order valence-corrected chi connectivity index (χ3v) is 5.26. The van der Waals surface area contributed by atoms with Gasteiger partial charge in [0.2, 0.25) is 0 Å². The van der Waals surface area contributed by atoms with E-state index < -0.39 is 5.97 Å². The first-order chi connectivity index (χ1) is 14.7. The molecule has 30 heavy (non-hydrogen) atoms. The smallest absolute Gasteiger partial charge is 0.349 e. The Kier molecular flexibility index (Phi) is 5.91. The van der Waals surface area contributed by atoms with Crippen LogP contribution in [0.5, 0.6) is 11.5 Å². The van der Waals surface area contributed by atoms with Crippen LogP contribution in [0.3, 0.4) is 0 Å². The molecular weight excluding hydrogens is 444 g/mol. The molecule has 0 unspecified atom stereocenters. The van der Waals surface area contributed by atoms with Crippen LogP contribution in [0, 0.1) is 0 Å². The topological polar surface area (TPSA) is 52.6 Å². The number of hydrogen-bond donors (Lipinski definition) is 0. The van der Waals surface area contributed by atoms with Crippen LogP contribution in [0.15, 0.2) is 89.4 Å². The number of aldehydes is 1. The first-order valence-electron chi connectivity index (χ1n) is 9.31. The summed E-state index contributed by atoms with van der Waals surface area (Å²) in [7, 11) is 0. The van der Waals surface area contributed by atoms with Gasteiger partial charge in [0.25, 0.3) is 0 Å². The van der Waals surface area contributed by atoms with E-state index in [1.807, 2.05) is 72.8 Å². The third-order valence-electron chi connectivity index (χ3n) is 4.64. The molecule has 0 saturated heterocycles. The maximum atomic E-state index is 12.4. The molecular formula is C25H17BrO4. The highest BCUT2D eigenvalue weighted by Crippen LogP contribution is 2.31. The number of fused-ring (bicyclic) bond motifs is 1. The zero-order valence-corrected chi connectivity index (χ0v) is 17.5. The van der Waals surface area contributed by atoms with Crippen molar-refractivity contribution < 1.29 is 19.1 Å². The minimum absolute atomic E-state index is 0.246. The number of ether oxygens (including phenoxy) is 2. The number of benzene rings is 4. The third kappa shape index (κ3) is 4.26. The Balaban J connectivity index is 1.48. The van der Waals surface area contributed by atoms with Crippen molar-refractivity contribution in [2.24, 2.45) is 0 Å². The van der Waals surface area contributed by atoms with E-state index in [2.05, 4.69) is 15.9 Å². The first-order valence-corrected chi connectivity index (χ1v) is 10.1. The summed E-state index contributed by atoms with van der Waals surface area (Å²) >= 11 is 3.49. The fourth-order valence-corrected chi connectivity index (χ4v) is 3.67. The molecule has 0 saturated carbocycles. The number of rotatable bonds is 6. The fourth-order valence-electron chi connectivity index (χ4n) is 3.17. The van der Waals surface area contributed by atoms with Gasteiger partial charge in [-0.3, -0.25) is 4.79 Å². The van der Waals surface area contributed by atoms with Gasteiger partial charge in [-0.05, 0) is 50.6 Å². The molecule has 0 aromatic heterocycles. The molecule has 0 atom stereocenters. The van der Waals surface area contributed by atoms with E-state index >= 15 is 0 Å². The predicted molar refractivity (Wildman–Crippen MR) is 120 cm³/mol. The SMILES string of the molecule is O=Cc1ccc2ccccc2c1OC(=O)COc1ccc(-c2ccccc2)cc1Br. The Hall–Kier alpha value is -3.44. The highest BCUT2D eigenvalue weighted by Gasteiger charge is 2.14. The fraction of sp³-hybridized carbons (Fsp3) is 0.0400. The molecule has 0 fully saturated rings. The van der Waals surface area contributed by atoms with Gasteiger partial charge < -0.3 is 9.47 Å². The average molecular weight is 461 g/mol. The van der Waals surface area contributed by atoms with Gasteiger partial charge in [0.15, 0.2) is 12.9 Å². The number of carbonyl (C=O) groups is 2. The number of esters is 1. The molecule has 0 amide bonds. The van der Waals surface area contributed by atoms with Crippen molar-refractivity contribution in [3.8, 4) is 22.6 Å². The normalized spacial score (nSPS) is 10.6. The van der Waals surface area contributed by atoms with Crippen LogP contribution in [0.25, 0.3) is 21.9 Å². The van der Waals surface area contributed by atoms with Crippen molar-refractivity contribution in [1.29, 1.82) is 0 Å². The number of hydrogen-bond acceptors (Lipinski definition) is 4. The highest BCUT2D eigenvalue weighted by molar-refractivity contribution is 9.10. The maximum absolute atomic E-state index is 12.4. The first kappa shape index (κ1) is 19.9. The molecule has 0 bridgehead atoms. The second kappa shape index (κ2) is 8.93. The maximum Gasteiger partial charge on any atom is 0.349 e. The molecule has 4 rings (SSSR count). The number of halogens is 1. The van der Waals surface area contributed by atoms with E-state index in [9.17, 15) is 9.59 Å². The Labute approximate surface area is 182 Å². The summed E-state index contributed by atoms with van der Waals surface area (Å²) in [6, 6.07) is 26.5. The second-order valence-electron chi connectivity index (χ2n) is 6.60. The average Bonchev–Trinajstić information content (AvgIpc) is 2.79. The minimum atomic E-state index is -0.589. The summed E-state index contributed by atoms with van der Waals surface area (Å²) in [4.78, 5) is 23.8. The summed E-state index contributed by atoms with van der Waals surface area (Å²) in [5.41, 5.74) is 2.43. The monoisotopic (exact) mass is 460 g/mol. The van der Waals surface area contributed by atoms with Gasteiger partial charge in [0.1, 0.15) is 11.5 Å². The lowest BCUT2D eigenvalue weighted by Crippen LogP contribution is -2.18. The van der Waals surface area contributed by atoms with Crippen molar-refractivity contribution >= 4 is 39.0 Å². The lowest BCUT2D eigenvalue weighted by atomic mass is 10.1. The summed E-state index contributed by atoms with van der Waals surface area (Å²) in [5.74, 6) is 0.184. The van der Waals surface area contributed by atoms with Crippen LogP contribution >= 0.6 is 15.9 Å². The van der Waals surface area contributed by atoms with E-state index in [4.69, 9.17) is 9.47 Å². The summed E-state index contributed by atoms with van der Waals surface area (Å²) in [6.07, 6.45) is 0.675. The molecule has 0 aliphatic rings. The standard InChI is InChI=1S/C25H17BrO4/c26-22-14-19(17-6-2-1-3-7-17)12-13-23(22)29-16-24(28)30-25-20(15-27)11-10-18-8-4-5-9-21(18)25/h1-15H,16H2. The van der Waals surface area contributed by atoms with E-state index in [-0.39, 0.29) is 12.4 Å². The van der Waals surface area contributed by atoms with Crippen LogP contribution in [-0.4, -0.2) is 18.9 Å². The zero-order valence-electron chi connectivity index (χ0n) is 15.9. The van der Waals surface area contributed by atoms with Crippen LogP contribution < -0.4 is 9.47 Å². The quantitative estimate of drug-likeness (QED) is 0.199. The number of carbonyl (C=O) groups excluding carboxylic acids is 2. The van der Waals surface area contributed by atoms with Gasteiger partial charge in [0, 0.05) is 5.39 Å². The Morgan fingerprint density at radius 3 is 2.40 bits per heavy atom. The largest absolute Gasteiger partial charge is 0.481 e. The predicted octanol–water partition coefficient (Wildman–Crippen LogP) is 6.07. The minimum Gasteiger partial charge on any atom is -0.481 e. The molecule has 4 aromatic carbocycles. The summed E-state index contributed by atoms with van der Waals surface area (Å²) in [6.45, 7) is -0.287. The zero-order chi connectivity index (χ0) is 20.9. The molecule has 4 nitrogen and oxygen atoms in total. The molecule has 0 heterocycles. The molecule has 5 heteroatoms. The Bertz CT molecular complexity index is 1220. The van der Waals surface area contributed by atoms with Gasteiger partial charge in [0.05, 0.1) is 10.0 Å². The van der Waals surface area contributed by atoms with Crippen LogP contribution in [0.1, 0.15) is 10.4 Å². The molecule has 0 aliphatic carbocycles. The molecule has 4 aromatic rings. The van der Waals surface area contributed by atoms with E-state index in [1.165, 1.54) is 0 Å². The lowest BCUT2D eigenvalue weighted by Gasteiger charge is -2.12. The summed E-state index contributed by atoms with van der Waals surface area (Å²) in [5, 5.41) is 1.58.